The summed E-state index contributed by atoms with van der Waals surface area (Å²) in [5.74, 6) is 0. The van der Waals surface area contributed by atoms with E-state index in [1.165, 1.54) is 0 Å². The molecule has 0 unspecified atom stereocenters. The highest BCUT2D eigenvalue weighted by Crippen LogP contribution is 2.34. The number of aliphatic hydroxyl groups excluding tert-OH is 1. The minimum atomic E-state index is -0.183. The van der Waals surface area contributed by atoms with Crippen molar-refractivity contribution in [3.63, 3.8) is 0 Å². The molecule has 13 heavy (non-hydrogen) atoms. The Kier molecular flexibility index (Phi) is 2.60. The Labute approximate surface area is 81.5 Å². The van der Waals surface area contributed by atoms with Gasteiger partial charge in [-0.1, -0.05) is 11.8 Å². The van der Waals surface area contributed by atoms with Crippen molar-refractivity contribution < 1.29 is 9.52 Å². The molecule has 1 heterocycles. The van der Waals surface area contributed by atoms with Gasteiger partial charge in [0, 0.05) is 5.25 Å². The van der Waals surface area contributed by atoms with Gasteiger partial charge in [0.15, 0.2) is 0 Å². The number of hydrogen-bond donors (Lipinski definition) is 1. The van der Waals surface area contributed by atoms with E-state index in [1.54, 1.807) is 18.0 Å². The van der Waals surface area contributed by atoms with Crippen LogP contribution < -0.4 is 0 Å². The van der Waals surface area contributed by atoms with E-state index in [2.05, 4.69) is 4.98 Å². The SMILES string of the molecule is Cc1coc(S[C@@H]2CCC[C@H]2O)n1. The van der Waals surface area contributed by atoms with Crippen LogP contribution in [0.2, 0.25) is 0 Å². The molecule has 0 radical (unpaired) electrons. The van der Waals surface area contributed by atoms with Crippen LogP contribution in [0.3, 0.4) is 0 Å². The Morgan fingerprint density at radius 2 is 2.46 bits per heavy atom. The molecule has 3 nitrogen and oxygen atoms in total. The van der Waals surface area contributed by atoms with E-state index in [-0.39, 0.29) is 11.4 Å². The summed E-state index contributed by atoms with van der Waals surface area (Å²) in [4.78, 5) is 4.19. The summed E-state index contributed by atoms with van der Waals surface area (Å²) in [6.07, 6.45) is 4.55. The van der Waals surface area contributed by atoms with Crippen LogP contribution in [0, 0.1) is 6.92 Å². The zero-order chi connectivity index (χ0) is 9.26. The van der Waals surface area contributed by atoms with Crippen LogP contribution in [0.25, 0.3) is 0 Å². The molecule has 1 N–H and O–H groups in total. The maximum atomic E-state index is 9.57. The van der Waals surface area contributed by atoms with Gasteiger partial charge in [0.1, 0.15) is 6.26 Å². The molecule has 1 aromatic rings. The third-order valence-electron chi connectivity index (χ3n) is 2.27. The predicted molar refractivity (Wildman–Crippen MR) is 50.7 cm³/mol. The van der Waals surface area contributed by atoms with Gasteiger partial charge in [-0.2, -0.15) is 0 Å². The third kappa shape index (κ3) is 2.06. The number of aliphatic hydroxyl groups is 1. The van der Waals surface area contributed by atoms with Crippen LogP contribution in [0.5, 0.6) is 0 Å². The Bertz CT molecular complexity index is 287. The number of nitrogens with zero attached hydrogens (tertiary/aromatic N) is 1. The lowest BCUT2D eigenvalue weighted by Crippen LogP contribution is -2.14. The normalized spacial score (nSPS) is 28.2. The van der Waals surface area contributed by atoms with Crippen molar-refractivity contribution in [1.82, 2.24) is 4.98 Å². The standard InChI is InChI=1S/C9H13NO2S/c1-6-5-12-9(10-6)13-8-4-2-3-7(8)11/h5,7-8,11H,2-4H2,1H3/t7-,8-/m1/s1. The predicted octanol–water partition coefficient (Wildman–Crippen LogP) is 1.99. The quantitative estimate of drug-likeness (QED) is 0.791. The molecular weight excluding hydrogens is 186 g/mol. The molecule has 2 atom stereocenters. The Hall–Kier alpha value is -0.480. The molecular formula is C9H13NO2S. The molecule has 0 spiro atoms. The van der Waals surface area contributed by atoms with Gasteiger partial charge in [0.05, 0.1) is 11.8 Å². The molecule has 0 aliphatic heterocycles. The van der Waals surface area contributed by atoms with Crippen molar-refractivity contribution >= 4 is 11.8 Å². The average Bonchev–Trinajstić information content (AvgIpc) is 2.64. The Morgan fingerprint density at radius 3 is 3.00 bits per heavy atom. The van der Waals surface area contributed by atoms with E-state index in [0.29, 0.717) is 5.22 Å². The molecule has 0 aromatic carbocycles. The highest BCUT2D eigenvalue weighted by Gasteiger charge is 2.27. The summed E-state index contributed by atoms with van der Waals surface area (Å²) < 4.78 is 5.22. The van der Waals surface area contributed by atoms with Crippen LogP contribution in [0.4, 0.5) is 0 Å². The van der Waals surface area contributed by atoms with Crippen LogP contribution in [0.1, 0.15) is 25.0 Å². The summed E-state index contributed by atoms with van der Waals surface area (Å²) in [7, 11) is 0. The van der Waals surface area contributed by atoms with Crippen molar-refractivity contribution in [3.05, 3.63) is 12.0 Å². The highest BCUT2D eigenvalue weighted by molar-refractivity contribution is 7.99. The second-order valence-corrected chi connectivity index (χ2v) is 4.60. The summed E-state index contributed by atoms with van der Waals surface area (Å²) in [5, 5.41) is 10.5. The van der Waals surface area contributed by atoms with Gasteiger partial charge in [-0.25, -0.2) is 4.98 Å². The van der Waals surface area contributed by atoms with E-state index < -0.39 is 0 Å². The largest absolute Gasteiger partial charge is 0.440 e. The fourth-order valence-electron chi connectivity index (χ4n) is 1.56. The summed E-state index contributed by atoms with van der Waals surface area (Å²) in [6.45, 7) is 1.90. The molecule has 0 amide bonds. The lowest BCUT2D eigenvalue weighted by Gasteiger charge is -2.10. The topological polar surface area (TPSA) is 46.3 Å². The number of rotatable bonds is 2. The van der Waals surface area contributed by atoms with Crippen LogP contribution in [0.15, 0.2) is 15.9 Å². The zero-order valence-corrected chi connectivity index (χ0v) is 8.38. The first-order chi connectivity index (χ1) is 6.25. The minimum absolute atomic E-state index is 0.183. The molecule has 1 saturated carbocycles. The Balaban J connectivity index is 1.97. The number of thioether (sulfide) groups is 1. The van der Waals surface area contributed by atoms with E-state index in [4.69, 9.17) is 4.42 Å². The third-order valence-corrected chi connectivity index (χ3v) is 3.51. The lowest BCUT2D eigenvalue weighted by molar-refractivity contribution is 0.187. The minimum Gasteiger partial charge on any atom is -0.440 e. The van der Waals surface area contributed by atoms with Crippen LogP contribution >= 0.6 is 11.8 Å². The fourth-order valence-corrected chi connectivity index (χ4v) is 2.70. The lowest BCUT2D eigenvalue weighted by atomic mass is 10.3. The van der Waals surface area contributed by atoms with Crippen molar-refractivity contribution in [2.45, 2.75) is 42.8 Å². The van der Waals surface area contributed by atoms with Gasteiger partial charge >= 0.3 is 0 Å². The maximum absolute atomic E-state index is 9.57. The molecule has 1 aromatic heterocycles. The maximum Gasteiger partial charge on any atom is 0.256 e. The highest BCUT2D eigenvalue weighted by atomic mass is 32.2. The second-order valence-electron chi connectivity index (χ2n) is 3.41. The van der Waals surface area contributed by atoms with Gasteiger partial charge < -0.3 is 9.52 Å². The number of hydrogen-bond acceptors (Lipinski definition) is 4. The number of aromatic nitrogens is 1. The van der Waals surface area contributed by atoms with E-state index in [0.717, 1.165) is 25.0 Å². The molecule has 0 bridgehead atoms. The fraction of sp³-hybridized carbons (Fsp3) is 0.667. The summed E-state index contributed by atoms with van der Waals surface area (Å²) in [6, 6.07) is 0. The van der Waals surface area contributed by atoms with Crippen LogP contribution in [-0.2, 0) is 0 Å². The zero-order valence-electron chi connectivity index (χ0n) is 7.56. The summed E-state index contributed by atoms with van der Waals surface area (Å²) in [5.41, 5.74) is 0.898. The van der Waals surface area contributed by atoms with Gasteiger partial charge in [0.25, 0.3) is 5.22 Å². The molecule has 2 rings (SSSR count). The van der Waals surface area contributed by atoms with Gasteiger partial charge in [0.2, 0.25) is 0 Å². The van der Waals surface area contributed by atoms with Crippen molar-refractivity contribution in [1.29, 1.82) is 0 Å². The number of aryl methyl sites for hydroxylation is 1. The molecule has 1 aliphatic carbocycles. The van der Waals surface area contributed by atoms with Crippen LogP contribution in [-0.4, -0.2) is 21.4 Å². The van der Waals surface area contributed by atoms with E-state index in [1.807, 2.05) is 6.92 Å². The second kappa shape index (κ2) is 3.72. The van der Waals surface area contributed by atoms with Crippen molar-refractivity contribution in [3.8, 4) is 0 Å². The van der Waals surface area contributed by atoms with E-state index in [9.17, 15) is 5.11 Å². The summed E-state index contributed by atoms with van der Waals surface area (Å²) >= 11 is 1.55. The van der Waals surface area contributed by atoms with Gasteiger partial charge in [-0.3, -0.25) is 0 Å². The first-order valence-electron chi connectivity index (χ1n) is 4.52. The molecule has 72 valence electrons. The van der Waals surface area contributed by atoms with Crippen molar-refractivity contribution in [2.24, 2.45) is 0 Å². The average molecular weight is 199 g/mol. The molecule has 0 saturated heterocycles. The number of oxazole rings is 1. The molecule has 1 fully saturated rings. The van der Waals surface area contributed by atoms with Gasteiger partial charge in [-0.05, 0) is 26.2 Å². The van der Waals surface area contributed by atoms with E-state index >= 15 is 0 Å². The smallest absolute Gasteiger partial charge is 0.256 e. The molecule has 1 aliphatic rings. The van der Waals surface area contributed by atoms with Gasteiger partial charge in [-0.15, -0.1) is 0 Å². The van der Waals surface area contributed by atoms with Crippen molar-refractivity contribution in [2.75, 3.05) is 0 Å². The first-order valence-corrected chi connectivity index (χ1v) is 5.40. The Morgan fingerprint density at radius 1 is 1.62 bits per heavy atom. The molecule has 4 heteroatoms. The monoisotopic (exact) mass is 199 g/mol. The first kappa shape index (κ1) is 9.09.